The first-order chi connectivity index (χ1) is 14.6. The normalized spacial score (nSPS) is 24.1. The number of amides is 1. The molecule has 0 aromatic carbocycles. The summed E-state index contributed by atoms with van der Waals surface area (Å²) in [7, 11) is 0. The molecule has 8 nitrogen and oxygen atoms in total. The maximum atomic E-state index is 13.5. The van der Waals surface area contributed by atoms with Crippen LogP contribution >= 0.6 is 0 Å². The molecule has 1 aliphatic heterocycles. The van der Waals surface area contributed by atoms with E-state index in [2.05, 4.69) is 21.1 Å². The van der Waals surface area contributed by atoms with E-state index in [0.717, 1.165) is 35.0 Å². The van der Waals surface area contributed by atoms with E-state index in [-0.39, 0.29) is 17.7 Å². The molecular weight excluding hydrogens is 378 g/mol. The van der Waals surface area contributed by atoms with E-state index >= 15 is 0 Å². The number of aromatic amines is 1. The van der Waals surface area contributed by atoms with Gasteiger partial charge in [-0.2, -0.15) is 10.4 Å². The van der Waals surface area contributed by atoms with Gasteiger partial charge in [0.1, 0.15) is 16.6 Å². The second-order valence-corrected chi connectivity index (χ2v) is 8.32. The topological polar surface area (TPSA) is 103 Å². The fourth-order valence-electron chi connectivity index (χ4n) is 4.81. The number of nitrogens with zero attached hydrogens (tertiary/aromatic N) is 6. The molecule has 2 atom stereocenters. The van der Waals surface area contributed by atoms with Crippen LogP contribution in [0.15, 0.2) is 43.0 Å². The van der Waals surface area contributed by atoms with Gasteiger partial charge in [-0.05, 0) is 37.0 Å². The molecule has 0 unspecified atom stereocenters. The summed E-state index contributed by atoms with van der Waals surface area (Å²) in [6.07, 6.45) is 9.03. The molecule has 148 valence electrons. The lowest BCUT2D eigenvalue weighted by Crippen LogP contribution is -2.37. The fourth-order valence-corrected chi connectivity index (χ4v) is 4.81. The van der Waals surface area contributed by atoms with E-state index < -0.39 is 5.41 Å². The number of pyridine rings is 1. The van der Waals surface area contributed by atoms with Crippen molar-refractivity contribution in [2.45, 2.75) is 19.8 Å². The van der Waals surface area contributed by atoms with Crippen molar-refractivity contribution in [2.24, 2.45) is 17.3 Å². The second-order valence-electron chi connectivity index (χ2n) is 8.32. The molecule has 1 saturated heterocycles. The van der Waals surface area contributed by atoms with Gasteiger partial charge in [-0.25, -0.2) is 14.5 Å². The SMILES string of the molecule is C[C@@H]1CN(c2nc(-c3cnc4[nH]ccc4c3)cn3nccc23)C(=O)[C@]1(C#N)C1CC1. The highest BCUT2D eigenvalue weighted by atomic mass is 16.2. The number of anilines is 1. The Morgan fingerprint density at radius 2 is 2.20 bits per heavy atom. The van der Waals surface area contributed by atoms with Crippen molar-refractivity contribution in [3.8, 4) is 17.3 Å². The predicted octanol–water partition coefficient (Wildman–Crippen LogP) is 3.18. The lowest BCUT2D eigenvalue weighted by molar-refractivity contribution is -0.124. The Balaban J connectivity index is 1.51. The molecule has 8 heteroatoms. The third kappa shape index (κ3) is 2.20. The highest BCUT2D eigenvalue weighted by Gasteiger charge is 2.61. The van der Waals surface area contributed by atoms with Crippen molar-refractivity contribution in [3.63, 3.8) is 0 Å². The summed E-state index contributed by atoms with van der Waals surface area (Å²) in [4.78, 5) is 27.6. The van der Waals surface area contributed by atoms with Gasteiger partial charge in [0.15, 0.2) is 5.82 Å². The van der Waals surface area contributed by atoms with Gasteiger partial charge in [-0.1, -0.05) is 6.92 Å². The summed E-state index contributed by atoms with van der Waals surface area (Å²) in [6.45, 7) is 2.48. The zero-order valence-corrected chi connectivity index (χ0v) is 16.4. The van der Waals surface area contributed by atoms with Crippen LogP contribution in [0.2, 0.25) is 0 Å². The van der Waals surface area contributed by atoms with E-state index in [4.69, 9.17) is 4.98 Å². The summed E-state index contributed by atoms with van der Waals surface area (Å²) in [6, 6.07) is 8.21. The van der Waals surface area contributed by atoms with Crippen LogP contribution in [0, 0.1) is 28.6 Å². The average Bonchev–Trinajstić information content (AvgIpc) is 3.21. The van der Waals surface area contributed by atoms with Crippen LogP contribution in [0.3, 0.4) is 0 Å². The van der Waals surface area contributed by atoms with Crippen molar-refractivity contribution in [1.29, 1.82) is 5.26 Å². The number of nitrogens with one attached hydrogen (secondary N) is 1. The maximum absolute atomic E-state index is 13.5. The smallest absolute Gasteiger partial charge is 0.249 e. The molecule has 0 radical (unpaired) electrons. The minimum atomic E-state index is -0.944. The summed E-state index contributed by atoms with van der Waals surface area (Å²) in [5.74, 6) is 0.522. The fraction of sp³-hybridized carbons (Fsp3) is 0.318. The van der Waals surface area contributed by atoms with E-state index in [1.165, 1.54) is 0 Å². The van der Waals surface area contributed by atoms with Gasteiger partial charge in [0.25, 0.3) is 0 Å². The summed E-state index contributed by atoms with van der Waals surface area (Å²) in [5.41, 5.74) is 2.14. The van der Waals surface area contributed by atoms with Crippen molar-refractivity contribution in [2.75, 3.05) is 11.4 Å². The Labute approximate surface area is 172 Å². The van der Waals surface area contributed by atoms with Crippen molar-refractivity contribution < 1.29 is 4.79 Å². The van der Waals surface area contributed by atoms with Gasteiger partial charge in [-0.15, -0.1) is 0 Å². The zero-order chi connectivity index (χ0) is 20.5. The molecule has 1 amide bonds. The molecule has 4 aromatic heterocycles. The largest absolute Gasteiger partial charge is 0.346 e. The highest BCUT2D eigenvalue weighted by molar-refractivity contribution is 6.04. The number of rotatable bonds is 3. The van der Waals surface area contributed by atoms with Crippen LogP contribution < -0.4 is 4.90 Å². The number of aromatic nitrogens is 5. The summed E-state index contributed by atoms with van der Waals surface area (Å²) < 4.78 is 1.74. The Hall–Kier alpha value is -3.73. The van der Waals surface area contributed by atoms with Crippen molar-refractivity contribution in [3.05, 3.63) is 43.0 Å². The molecule has 0 spiro atoms. The second kappa shape index (κ2) is 5.89. The number of hydrogen-bond acceptors (Lipinski definition) is 5. The number of H-pyrrole nitrogens is 1. The zero-order valence-electron chi connectivity index (χ0n) is 16.4. The summed E-state index contributed by atoms with van der Waals surface area (Å²) in [5, 5.41) is 15.3. The van der Waals surface area contributed by atoms with E-state index in [1.54, 1.807) is 21.8 Å². The molecule has 2 aliphatic rings. The number of carbonyl (C=O) groups excluding carboxylic acids is 1. The minimum Gasteiger partial charge on any atom is -0.346 e. The first-order valence-electron chi connectivity index (χ1n) is 10.1. The number of fused-ring (bicyclic) bond motifs is 2. The van der Waals surface area contributed by atoms with Crippen LogP contribution in [0.4, 0.5) is 5.82 Å². The monoisotopic (exact) mass is 397 g/mol. The molecule has 2 fully saturated rings. The first kappa shape index (κ1) is 17.2. The molecular formula is C22H19N7O. The van der Waals surface area contributed by atoms with E-state index in [1.807, 2.05) is 37.5 Å². The molecule has 1 aliphatic carbocycles. The third-order valence-electron chi connectivity index (χ3n) is 6.56. The Bertz CT molecular complexity index is 1360. The van der Waals surface area contributed by atoms with Gasteiger partial charge in [0.2, 0.25) is 5.91 Å². The van der Waals surface area contributed by atoms with Gasteiger partial charge in [0, 0.05) is 35.8 Å². The van der Waals surface area contributed by atoms with Crippen LogP contribution in [0.5, 0.6) is 0 Å². The Kier molecular flexibility index (Phi) is 3.37. The number of hydrogen-bond donors (Lipinski definition) is 1. The molecule has 30 heavy (non-hydrogen) atoms. The van der Waals surface area contributed by atoms with Gasteiger partial charge in [0.05, 0.1) is 24.2 Å². The lowest BCUT2D eigenvalue weighted by Gasteiger charge is -2.23. The maximum Gasteiger partial charge on any atom is 0.249 e. The van der Waals surface area contributed by atoms with Gasteiger partial charge in [-0.3, -0.25) is 9.69 Å². The third-order valence-corrected chi connectivity index (χ3v) is 6.56. The standard InChI is InChI=1S/C22H19N7O/c1-13-10-28(21(30)22(13,12-23)16-2-3-16)20-18-5-7-26-29(18)11-17(27-20)15-8-14-4-6-24-19(14)25-9-15/h4-9,11,13,16H,2-3,10H2,1H3,(H,24,25)/t13-,22+/m1/s1. The Morgan fingerprint density at radius 3 is 3.00 bits per heavy atom. The van der Waals surface area contributed by atoms with Crippen LogP contribution in [0.1, 0.15) is 19.8 Å². The molecule has 4 aromatic rings. The molecule has 6 rings (SSSR count). The van der Waals surface area contributed by atoms with E-state index in [0.29, 0.717) is 18.1 Å². The first-order valence-corrected chi connectivity index (χ1v) is 10.1. The molecule has 1 N–H and O–H groups in total. The quantitative estimate of drug-likeness (QED) is 0.572. The average molecular weight is 397 g/mol. The lowest BCUT2D eigenvalue weighted by atomic mass is 9.75. The number of carbonyl (C=O) groups is 1. The summed E-state index contributed by atoms with van der Waals surface area (Å²) >= 11 is 0. The van der Waals surface area contributed by atoms with Gasteiger partial charge >= 0.3 is 0 Å². The highest BCUT2D eigenvalue weighted by Crippen LogP contribution is 2.54. The minimum absolute atomic E-state index is 0.0474. The number of nitriles is 1. The van der Waals surface area contributed by atoms with Crippen LogP contribution in [0.25, 0.3) is 27.8 Å². The van der Waals surface area contributed by atoms with Crippen molar-refractivity contribution in [1.82, 2.24) is 24.6 Å². The van der Waals surface area contributed by atoms with Crippen molar-refractivity contribution >= 4 is 28.3 Å². The van der Waals surface area contributed by atoms with Crippen LogP contribution in [-0.2, 0) is 4.79 Å². The Morgan fingerprint density at radius 1 is 1.33 bits per heavy atom. The predicted molar refractivity (Wildman–Crippen MR) is 110 cm³/mol. The molecule has 5 heterocycles. The molecule has 0 bridgehead atoms. The van der Waals surface area contributed by atoms with E-state index in [9.17, 15) is 10.1 Å². The van der Waals surface area contributed by atoms with Gasteiger partial charge < -0.3 is 4.98 Å². The van der Waals surface area contributed by atoms with Crippen LogP contribution in [-0.4, -0.2) is 37.0 Å². The molecule has 1 saturated carbocycles.